The summed E-state index contributed by atoms with van der Waals surface area (Å²) in [6, 6.07) is -1.29. The molecule has 2 amide bonds. The van der Waals surface area contributed by atoms with Crippen molar-refractivity contribution in [3.63, 3.8) is 0 Å². The third kappa shape index (κ3) is 2.49. The minimum atomic E-state index is -2.51. The molecule has 0 aromatic heterocycles. The van der Waals surface area contributed by atoms with Gasteiger partial charge in [-0.1, -0.05) is 20.8 Å². The molecular weight excluding hydrogens is 444 g/mol. The number of amides is 2. The van der Waals surface area contributed by atoms with Gasteiger partial charge in [0.05, 0.1) is 17.7 Å². The maximum absolute atomic E-state index is 14.3. The van der Waals surface area contributed by atoms with Crippen LogP contribution >= 0.6 is 0 Å². The quantitative estimate of drug-likeness (QED) is 0.381. The molecule has 0 radical (unpaired) electrons. The summed E-state index contributed by atoms with van der Waals surface area (Å²) in [6.45, 7) is 11.6. The molecule has 0 aromatic rings. The highest BCUT2D eigenvalue weighted by Gasteiger charge is 2.84. The second-order valence-corrected chi connectivity index (χ2v) is 16.9. The number of likely N-dealkylation sites (N-methyl/N-ethyl adjacent to an activating group) is 2. The topological polar surface area (TPSA) is 128 Å². The Labute approximate surface area is 196 Å². The second-order valence-electron chi connectivity index (χ2n) is 12.2. The number of Topliss-reactive ketones (excluding diaryl/α,β-unsaturated/α-hetero) is 1. The maximum atomic E-state index is 14.3. The number of aliphatic hydroxyl groups excluding tert-OH is 3. The van der Waals surface area contributed by atoms with Crippen LogP contribution in [0.15, 0.2) is 0 Å². The second kappa shape index (κ2) is 6.87. The number of piperidine rings is 2. The first-order chi connectivity index (χ1) is 15.0. The van der Waals surface area contributed by atoms with Gasteiger partial charge in [0.15, 0.2) is 14.1 Å². The molecule has 5 heterocycles. The molecule has 3 N–H and O–H groups in total. The van der Waals surface area contributed by atoms with Crippen molar-refractivity contribution in [3.8, 4) is 0 Å². The molecule has 10 heteroatoms. The lowest BCUT2D eigenvalue weighted by Gasteiger charge is -2.72. The number of hydrogen-bond acceptors (Lipinski definition) is 7. The standard InChI is InChI=1S/C23H38N2O7Si/c1-20(2,3)33(7,8)32-12-10-9-11-22-17(29)16(28)21(4,18(30)25(22)6)14-13(26)15(27)23(12,22)19(31)24(14)5/h12-15,17,26-27,29H,9-11H2,1-8H3/t12-,13-,14-,15-,17-,21+,22-,23+/m1/s1. The average Bonchev–Trinajstić information content (AvgIpc) is 2.72. The monoisotopic (exact) mass is 482 g/mol. The van der Waals surface area contributed by atoms with Crippen molar-refractivity contribution in [1.82, 2.24) is 9.80 Å². The maximum Gasteiger partial charge on any atom is 0.238 e. The summed E-state index contributed by atoms with van der Waals surface area (Å²) >= 11 is 0. The first kappa shape index (κ1) is 24.8. The van der Waals surface area contributed by atoms with Crippen LogP contribution in [0.25, 0.3) is 0 Å². The van der Waals surface area contributed by atoms with Crippen LogP contribution in [0, 0.1) is 10.8 Å². The van der Waals surface area contributed by atoms with E-state index in [1.165, 1.54) is 30.8 Å². The molecule has 186 valence electrons. The third-order valence-corrected chi connectivity index (χ3v) is 14.3. The molecular formula is C23H38N2O7Si. The van der Waals surface area contributed by atoms with Crippen LogP contribution in [0.4, 0.5) is 0 Å². The molecule has 7 aliphatic rings. The van der Waals surface area contributed by atoms with Gasteiger partial charge >= 0.3 is 0 Å². The fourth-order valence-corrected chi connectivity index (χ4v) is 8.44. The molecule has 5 aliphatic heterocycles. The predicted molar refractivity (Wildman–Crippen MR) is 122 cm³/mol. The van der Waals surface area contributed by atoms with Crippen LogP contribution in [-0.2, 0) is 18.8 Å². The minimum absolute atomic E-state index is 0.142. The Kier molecular flexibility index (Phi) is 5.16. The van der Waals surface area contributed by atoms with E-state index in [1.807, 2.05) is 13.1 Å². The third-order valence-electron chi connectivity index (χ3n) is 9.85. The molecule has 4 bridgehead atoms. The van der Waals surface area contributed by atoms with Crippen molar-refractivity contribution in [1.29, 1.82) is 0 Å². The van der Waals surface area contributed by atoms with Gasteiger partial charge in [0.2, 0.25) is 11.8 Å². The molecule has 5 saturated heterocycles. The van der Waals surface area contributed by atoms with Gasteiger partial charge in [-0.2, -0.15) is 0 Å². The molecule has 33 heavy (non-hydrogen) atoms. The normalized spacial score (nSPS) is 45.9. The summed E-state index contributed by atoms with van der Waals surface area (Å²) in [4.78, 5) is 44.3. The Morgan fingerprint density at radius 2 is 1.64 bits per heavy atom. The summed E-state index contributed by atoms with van der Waals surface area (Å²) in [5, 5.41) is 34.5. The molecule has 0 unspecified atom stereocenters. The summed E-state index contributed by atoms with van der Waals surface area (Å²) in [5.41, 5.74) is -5.47. The number of nitrogens with zero attached hydrogens (tertiary/aromatic N) is 2. The smallest absolute Gasteiger partial charge is 0.238 e. The Morgan fingerprint density at radius 3 is 2.18 bits per heavy atom. The van der Waals surface area contributed by atoms with Crippen molar-refractivity contribution in [2.45, 2.75) is 101 Å². The van der Waals surface area contributed by atoms with Crippen molar-refractivity contribution in [3.05, 3.63) is 0 Å². The van der Waals surface area contributed by atoms with Crippen LogP contribution in [0.2, 0.25) is 18.1 Å². The van der Waals surface area contributed by atoms with Crippen LogP contribution in [-0.4, -0.2) is 101 Å². The van der Waals surface area contributed by atoms with Gasteiger partial charge in [0, 0.05) is 14.1 Å². The lowest BCUT2D eigenvalue weighted by Crippen LogP contribution is -2.92. The van der Waals surface area contributed by atoms with E-state index < -0.39 is 72.7 Å². The van der Waals surface area contributed by atoms with Gasteiger partial charge in [0.1, 0.15) is 29.1 Å². The number of ketones is 1. The van der Waals surface area contributed by atoms with Gasteiger partial charge in [-0.05, 0) is 44.3 Å². The average molecular weight is 483 g/mol. The number of carbonyl (C=O) groups is 3. The van der Waals surface area contributed by atoms with E-state index in [-0.39, 0.29) is 11.5 Å². The summed E-state index contributed by atoms with van der Waals surface area (Å²) in [5.74, 6) is -1.76. The Hall–Kier alpha value is -1.33. The highest BCUT2D eigenvalue weighted by molar-refractivity contribution is 6.74. The van der Waals surface area contributed by atoms with Crippen LogP contribution in [0.3, 0.4) is 0 Å². The van der Waals surface area contributed by atoms with Crippen molar-refractivity contribution in [2.24, 2.45) is 10.8 Å². The van der Waals surface area contributed by atoms with Gasteiger partial charge in [-0.25, -0.2) is 0 Å². The lowest BCUT2D eigenvalue weighted by molar-refractivity contribution is -0.280. The number of aliphatic hydroxyl groups is 3. The van der Waals surface area contributed by atoms with Crippen molar-refractivity contribution >= 4 is 25.9 Å². The number of hydrogen-bond donors (Lipinski definition) is 3. The summed E-state index contributed by atoms with van der Waals surface area (Å²) in [7, 11) is 0.460. The van der Waals surface area contributed by atoms with Crippen LogP contribution < -0.4 is 0 Å². The van der Waals surface area contributed by atoms with E-state index in [1.54, 1.807) is 0 Å². The van der Waals surface area contributed by atoms with Gasteiger partial charge in [-0.3, -0.25) is 14.4 Å². The molecule has 8 atom stereocenters. The minimum Gasteiger partial charge on any atom is -0.413 e. The fourth-order valence-electron chi connectivity index (χ4n) is 7.07. The fraction of sp³-hybridized carbons (Fsp3) is 0.870. The van der Waals surface area contributed by atoms with Crippen LogP contribution in [0.1, 0.15) is 47.0 Å². The molecule has 2 spiro atoms. The Balaban J connectivity index is 2.06. The predicted octanol–water partition coefficient (Wildman–Crippen LogP) is 0.270. The Morgan fingerprint density at radius 1 is 1.06 bits per heavy atom. The first-order valence-electron chi connectivity index (χ1n) is 11.8. The summed E-state index contributed by atoms with van der Waals surface area (Å²) < 4.78 is 6.76. The molecule has 7 rings (SSSR count). The van der Waals surface area contributed by atoms with E-state index in [4.69, 9.17) is 4.43 Å². The van der Waals surface area contributed by atoms with Gasteiger partial charge in [-0.15, -0.1) is 0 Å². The SMILES string of the molecule is CN1C(=O)[C@]23[C@H](O)[C@H](O)[C@@H]1[C@@]1(C)C(=O)[C@@H](O)[C@@]2(CCC[C@H]3O[Si](C)(C)C(C)(C)C)N(C)C1=O. The largest absolute Gasteiger partial charge is 0.413 e. The zero-order chi connectivity index (χ0) is 25.1. The Bertz CT molecular complexity index is 893. The van der Waals surface area contributed by atoms with E-state index in [0.717, 1.165) is 0 Å². The van der Waals surface area contributed by atoms with Crippen LogP contribution in [0.5, 0.6) is 0 Å². The van der Waals surface area contributed by atoms with E-state index >= 15 is 0 Å². The zero-order valence-electron chi connectivity index (χ0n) is 20.9. The zero-order valence-corrected chi connectivity index (χ0v) is 21.9. The highest BCUT2D eigenvalue weighted by atomic mass is 28.4. The van der Waals surface area contributed by atoms with Gasteiger partial charge < -0.3 is 29.5 Å². The molecule has 7 fully saturated rings. The molecule has 2 saturated carbocycles. The van der Waals surface area contributed by atoms with E-state index in [9.17, 15) is 29.7 Å². The van der Waals surface area contributed by atoms with Crippen molar-refractivity contribution < 1.29 is 34.1 Å². The first-order valence-corrected chi connectivity index (χ1v) is 14.7. The molecule has 9 nitrogen and oxygen atoms in total. The molecule has 0 aromatic carbocycles. The molecule has 2 aliphatic carbocycles. The van der Waals surface area contributed by atoms with Crippen molar-refractivity contribution in [2.75, 3.05) is 14.1 Å². The number of rotatable bonds is 2. The van der Waals surface area contributed by atoms with E-state index in [2.05, 4.69) is 20.8 Å². The number of carbonyl (C=O) groups excluding carboxylic acids is 3. The lowest BCUT2D eigenvalue weighted by atomic mass is 9.44. The van der Waals surface area contributed by atoms with Gasteiger partial charge in [0.25, 0.3) is 0 Å². The summed E-state index contributed by atoms with van der Waals surface area (Å²) in [6.07, 6.45) is -4.69. The highest BCUT2D eigenvalue weighted by Crippen LogP contribution is 2.64. The van der Waals surface area contributed by atoms with E-state index in [0.29, 0.717) is 12.8 Å².